The van der Waals surface area contributed by atoms with Gasteiger partial charge in [0.2, 0.25) is 5.91 Å². The summed E-state index contributed by atoms with van der Waals surface area (Å²) in [7, 11) is 0. The highest BCUT2D eigenvalue weighted by Gasteiger charge is 2.26. The molecule has 1 aromatic heterocycles. The van der Waals surface area contributed by atoms with E-state index in [-0.39, 0.29) is 18.6 Å². The second kappa shape index (κ2) is 5.42. The van der Waals surface area contributed by atoms with E-state index in [4.69, 9.17) is 5.11 Å². The lowest BCUT2D eigenvalue weighted by Crippen LogP contribution is -2.36. The molecule has 1 fully saturated rings. The number of aliphatic hydroxyl groups is 1. The quantitative estimate of drug-likeness (QED) is 0.828. The first-order valence-corrected chi connectivity index (χ1v) is 6.60. The van der Waals surface area contributed by atoms with Gasteiger partial charge < -0.3 is 10.0 Å². The van der Waals surface area contributed by atoms with Gasteiger partial charge in [0, 0.05) is 18.0 Å². The van der Waals surface area contributed by atoms with Gasteiger partial charge in [-0.1, -0.05) is 0 Å². The van der Waals surface area contributed by atoms with Crippen LogP contribution in [0.5, 0.6) is 0 Å². The van der Waals surface area contributed by atoms with Crippen molar-refractivity contribution >= 4 is 23.3 Å². The Morgan fingerprint density at radius 2 is 2.59 bits per heavy atom. The largest absolute Gasteiger partial charge is 0.394 e. The molecule has 1 aliphatic rings. The van der Waals surface area contributed by atoms with Gasteiger partial charge in [-0.25, -0.2) is 4.98 Å². The van der Waals surface area contributed by atoms with Gasteiger partial charge in [-0.05, 0) is 25.8 Å². The predicted octanol–water partition coefficient (Wildman–Crippen LogP) is 1.45. The number of likely N-dealkylation sites (tertiary alicyclic amines) is 1. The van der Waals surface area contributed by atoms with Gasteiger partial charge >= 0.3 is 0 Å². The zero-order chi connectivity index (χ0) is 12.3. The molecule has 1 unspecified atom stereocenters. The van der Waals surface area contributed by atoms with Gasteiger partial charge in [0.15, 0.2) is 0 Å². The second-order valence-corrected chi connectivity index (χ2v) is 5.20. The molecule has 2 heterocycles. The minimum atomic E-state index is -0.0350. The molecular formula is C12H16N2O2S. The molecule has 0 aromatic carbocycles. The Balaban J connectivity index is 1.99. The van der Waals surface area contributed by atoms with E-state index in [2.05, 4.69) is 4.98 Å². The summed E-state index contributed by atoms with van der Waals surface area (Å²) in [6.45, 7) is 2.73. The summed E-state index contributed by atoms with van der Waals surface area (Å²) in [5.74, 6) is -0.0350. The average molecular weight is 252 g/mol. The van der Waals surface area contributed by atoms with Gasteiger partial charge in [0.25, 0.3) is 0 Å². The summed E-state index contributed by atoms with van der Waals surface area (Å²) < 4.78 is 0. The summed E-state index contributed by atoms with van der Waals surface area (Å²) in [6.07, 6.45) is 5.15. The van der Waals surface area contributed by atoms with Crippen LogP contribution in [0.4, 0.5) is 0 Å². The van der Waals surface area contributed by atoms with Crippen molar-refractivity contribution in [3.63, 3.8) is 0 Å². The van der Waals surface area contributed by atoms with Crippen molar-refractivity contribution in [3.05, 3.63) is 22.2 Å². The molecule has 0 saturated carbocycles. The molecule has 1 aromatic rings. The lowest BCUT2D eigenvalue weighted by atomic mass is 10.2. The molecule has 4 nitrogen and oxygen atoms in total. The summed E-state index contributed by atoms with van der Waals surface area (Å²) in [6, 6.07) is -0.00989. The van der Waals surface area contributed by atoms with Crippen LogP contribution in [0.3, 0.4) is 0 Å². The fourth-order valence-corrected chi connectivity index (χ4v) is 2.61. The Bertz CT molecular complexity index is 428. The van der Waals surface area contributed by atoms with E-state index in [9.17, 15) is 4.79 Å². The minimum Gasteiger partial charge on any atom is -0.394 e. The Morgan fingerprint density at radius 3 is 3.24 bits per heavy atom. The fourth-order valence-electron chi connectivity index (χ4n) is 2.02. The van der Waals surface area contributed by atoms with Crippen LogP contribution in [-0.2, 0) is 4.79 Å². The molecule has 17 heavy (non-hydrogen) atoms. The van der Waals surface area contributed by atoms with E-state index in [0.29, 0.717) is 0 Å². The average Bonchev–Trinajstić information content (AvgIpc) is 2.94. The van der Waals surface area contributed by atoms with E-state index >= 15 is 0 Å². The van der Waals surface area contributed by atoms with E-state index in [0.717, 1.165) is 30.1 Å². The van der Waals surface area contributed by atoms with Crippen molar-refractivity contribution in [1.29, 1.82) is 0 Å². The number of thiazole rings is 1. The van der Waals surface area contributed by atoms with Crippen molar-refractivity contribution < 1.29 is 9.90 Å². The first kappa shape index (κ1) is 12.3. The van der Waals surface area contributed by atoms with Crippen molar-refractivity contribution in [3.8, 4) is 0 Å². The van der Waals surface area contributed by atoms with E-state index in [1.54, 1.807) is 28.4 Å². The number of aryl methyl sites for hydroxylation is 1. The summed E-state index contributed by atoms with van der Waals surface area (Å²) in [5.41, 5.74) is 0.820. The molecule has 0 bridgehead atoms. The second-order valence-electron chi connectivity index (χ2n) is 4.13. The zero-order valence-electron chi connectivity index (χ0n) is 9.80. The van der Waals surface area contributed by atoms with Gasteiger partial charge in [0.1, 0.15) is 0 Å². The van der Waals surface area contributed by atoms with Crippen LogP contribution < -0.4 is 0 Å². The first-order chi connectivity index (χ1) is 8.20. The third kappa shape index (κ3) is 2.92. The van der Waals surface area contributed by atoms with Crippen LogP contribution >= 0.6 is 11.3 Å². The Kier molecular flexibility index (Phi) is 3.91. The Labute approximate surface area is 105 Å². The number of hydrogen-bond acceptors (Lipinski definition) is 4. The lowest BCUT2D eigenvalue weighted by molar-refractivity contribution is -0.127. The highest BCUT2D eigenvalue weighted by Crippen LogP contribution is 2.17. The Morgan fingerprint density at radius 1 is 1.76 bits per heavy atom. The molecule has 2 rings (SSSR count). The normalized spacial score (nSPS) is 20.4. The smallest absolute Gasteiger partial charge is 0.246 e. The minimum absolute atomic E-state index is 0.00989. The molecular weight excluding hydrogens is 236 g/mol. The maximum absolute atomic E-state index is 11.9. The van der Waals surface area contributed by atoms with Crippen LogP contribution in [-0.4, -0.2) is 40.1 Å². The standard InChI is InChI=1S/C12H16N2O2S/c1-9-13-10(8-17-9)4-5-12(16)14-6-2-3-11(14)7-15/h4-5,8,11,15H,2-3,6-7H2,1H3/b5-4+. The van der Waals surface area contributed by atoms with E-state index in [1.807, 2.05) is 12.3 Å². The molecule has 92 valence electrons. The number of aromatic nitrogens is 1. The summed E-state index contributed by atoms with van der Waals surface area (Å²) in [5, 5.41) is 12.1. The maximum Gasteiger partial charge on any atom is 0.246 e. The zero-order valence-corrected chi connectivity index (χ0v) is 10.6. The fraction of sp³-hybridized carbons (Fsp3) is 0.500. The number of rotatable bonds is 3. The molecule has 5 heteroatoms. The SMILES string of the molecule is Cc1nc(/C=C/C(=O)N2CCCC2CO)cs1. The van der Waals surface area contributed by atoms with Crippen molar-refractivity contribution in [2.24, 2.45) is 0 Å². The highest BCUT2D eigenvalue weighted by atomic mass is 32.1. The number of carbonyl (C=O) groups is 1. The number of amides is 1. The van der Waals surface area contributed by atoms with Gasteiger partial charge in [-0.2, -0.15) is 0 Å². The van der Waals surface area contributed by atoms with Gasteiger partial charge in [-0.3, -0.25) is 4.79 Å². The highest BCUT2D eigenvalue weighted by molar-refractivity contribution is 7.09. The van der Waals surface area contributed by atoms with Crippen molar-refractivity contribution in [2.75, 3.05) is 13.2 Å². The monoisotopic (exact) mass is 252 g/mol. The van der Waals surface area contributed by atoms with Crippen LogP contribution in [0.2, 0.25) is 0 Å². The molecule has 1 aliphatic heterocycles. The topological polar surface area (TPSA) is 53.4 Å². The third-order valence-electron chi connectivity index (χ3n) is 2.90. The van der Waals surface area contributed by atoms with Crippen LogP contribution in [0.1, 0.15) is 23.5 Å². The van der Waals surface area contributed by atoms with Crippen LogP contribution in [0.25, 0.3) is 6.08 Å². The van der Waals surface area contributed by atoms with Crippen molar-refractivity contribution in [1.82, 2.24) is 9.88 Å². The van der Waals surface area contributed by atoms with Crippen LogP contribution in [0, 0.1) is 6.92 Å². The molecule has 1 amide bonds. The molecule has 1 N–H and O–H groups in total. The lowest BCUT2D eigenvalue weighted by Gasteiger charge is -2.21. The number of carbonyl (C=O) groups excluding carboxylic acids is 1. The van der Waals surface area contributed by atoms with Crippen molar-refractivity contribution in [2.45, 2.75) is 25.8 Å². The molecule has 1 atom stereocenters. The summed E-state index contributed by atoms with van der Waals surface area (Å²) >= 11 is 1.57. The van der Waals surface area contributed by atoms with Gasteiger partial charge in [-0.15, -0.1) is 11.3 Å². The number of hydrogen-bond donors (Lipinski definition) is 1. The van der Waals surface area contributed by atoms with E-state index < -0.39 is 0 Å². The molecule has 1 saturated heterocycles. The third-order valence-corrected chi connectivity index (χ3v) is 3.70. The molecule has 0 radical (unpaired) electrons. The molecule has 0 aliphatic carbocycles. The van der Waals surface area contributed by atoms with Crippen LogP contribution in [0.15, 0.2) is 11.5 Å². The summed E-state index contributed by atoms with van der Waals surface area (Å²) in [4.78, 5) is 17.9. The predicted molar refractivity (Wildman–Crippen MR) is 67.7 cm³/mol. The first-order valence-electron chi connectivity index (χ1n) is 5.72. The Hall–Kier alpha value is -1.20. The maximum atomic E-state index is 11.9. The van der Waals surface area contributed by atoms with Gasteiger partial charge in [0.05, 0.1) is 23.4 Å². The number of nitrogens with zero attached hydrogens (tertiary/aromatic N) is 2. The van der Waals surface area contributed by atoms with E-state index in [1.165, 1.54) is 0 Å². The number of aliphatic hydroxyl groups excluding tert-OH is 1. The molecule has 0 spiro atoms.